The number of aromatic nitrogens is 2. The van der Waals surface area contributed by atoms with Crippen LogP contribution in [-0.2, 0) is 12.8 Å². The fourth-order valence-corrected chi connectivity index (χ4v) is 4.82. The largest absolute Gasteiger partial charge is 0.451 e. The molecule has 1 fully saturated rings. The van der Waals surface area contributed by atoms with E-state index >= 15 is 0 Å². The van der Waals surface area contributed by atoms with Crippen LogP contribution in [0.3, 0.4) is 0 Å². The molecule has 29 heavy (non-hydrogen) atoms. The van der Waals surface area contributed by atoms with Crippen molar-refractivity contribution in [2.45, 2.75) is 61.4 Å². The van der Waals surface area contributed by atoms with E-state index < -0.39 is 10.3 Å². The van der Waals surface area contributed by atoms with E-state index in [1.807, 2.05) is 42.3 Å². The van der Waals surface area contributed by atoms with Gasteiger partial charge in [0, 0.05) is 23.4 Å². The van der Waals surface area contributed by atoms with Crippen molar-refractivity contribution in [1.82, 2.24) is 15.1 Å². The molecule has 0 aromatic carbocycles. The number of furan rings is 1. The second-order valence-electron chi connectivity index (χ2n) is 8.37. The number of aromatic amines is 1. The van der Waals surface area contributed by atoms with Gasteiger partial charge in [-0.05, 0) is 56.7 Å². The summed E-state index contributed by atoms with van der Waals surface area (Å²) in [5.41, 5.74) is 3.20. The van der Waals surface area contributed by atoms with Gasteiger partial charge in [0.15, 0.2) is 5.76 Å². The maximum atomic E-state index is 13.4. The summed E-state index contributed by atoms with van der Waals surface area (Å²) in [4.78, 5) is 14.7. The molecule has 0 aliphatic heterocycles. The highest BCUT2D eigenvalue weighted by atomic mass is 35.5. The molecule has 2 aromatic rings. The molecule has 0 spiro atoms. The SMILES string of the molecule is CC1(Cl)C=CC=C(c2ccc(C(=O)N(C3CC3)C3CCc4[nH]ncc4C3)o2)C1Cl. The van der Waals surface area contributed by atoms with Crippen LogP contribution in [-0.4, -0.2) is 43.3 Å². The Balaban J connectivity index is 1.39. The van der Waals surface area contributed by atoms with Gasteiger partial charge in [-0.1, -0.05) is 18.2 Å². The summed E-state index contributed by atoms with van der Waals surface area (Å²) in [6.45, 7) is 1.87. The van der Waals surface area contributed by atoms with Crippen LogP contribution in [0.4, 0.5) is 0 Å². The first kappa shape index (κ1) is 19.0. The van der Waals surface area contributed by atoms with Crippen molar-refractivity contribution in [1.29, 1.82) is 0 Å². The van der Waals surface area contributed by atoms with E-state index in [0.29, 0.717) is 17.6 Å². The van der Waals surface area contributed by atoms with Crippen molar-refractivity contribution in [3.05, 3.63) is 59.3 Å². The number of rotatable bonds is 4. The Hall–Kier alpha value is -1.98. The van der Waals surface area contributed by atoms with Gasteiger partial charge < -0.3 is 9.32 Å². The number of aryl methyl sites for hydroxylation is 1. The molecule has 3 aliphatic rings. The van der Waals surface area contributed by atoms with E-state index in [4.69, 9.17) is 27.6 Å². The summed E-state index contributed by atoms with van der Waals surface area (Å²) in [5.74, 6) is 0.920. The standard InChI is InChI=1S/C22H23Cl2N3O2/c1-22(24)10-2-3-16(20(22)23)18-8-9-19(29-18)21(28)27(14-4-5-14)15-6-7-17-13(11-15)12-25-26-17/h2-3,8-10,12,14-15,20H,4-7,11H2,1H3,(H,25,26). The molecule has 152 valence electrons. The monoisotopic (exact) mass is 431 g/mol. The molecule has 3 aliphatic carbocycles. The number of hydrogen-bond acceptors (Lipinski definition) is 3. The Labute approximate surface area is 179 Å². The highest BCUT2D eigenvalue weighted by Crippen LogP contribution is 2.40. The first-order valence-corrected chi connectivity index (χ1v) is 10.9. The van der Waals surface area contributed by atoms with E-state index in [9.17, 15) is 4.79 Å². The van der Waals surface area contributed by atoms with Gasteiger partial charge in [-0.2, -0.15) is 5.10 Å². The van der Waals surface area contributed by atoms with Gasteiger partial charge in [0.05, 0.1) is 16.4 Å². The van der Waals surface area contributed by atoms with Crippen LogP contribution in [0.1, 0.15) is 53.8 Å². The number of nitrogens with one attached hydrogen (secondary N) is 1. The fourth-order valence-electron chi connectivity index (χ4n) is 4.37. The van der Waals surface area contributed by atoms with Crippen LogP contribution in [0.15, 0.2) is 41.0 Å². The Morgan fingerprint density at radius 2 is 2.14 bits per heavy atom. The third kappa shape index (κ3) is 3.44. The number of fused-ring (bicyclic) bond motifs is 1. The van der Waals surface area contributed by atoms with Crippen LogP contribution < -0.4 is 0 Å². The van der Waals surface area contributed by atoms with Crippen molar-refractivity contribution in [3.63, 3.8) is 0 Å². The molecule has 5 rings (SSSR count). The molecule has 1 amide bonds. The molecule has 3 unspecified atom stereocenters. The van der Waals surface area contributed by atoms with Gasteiger partial charge in [-0.25, -0.2) is 0 Å². The first-order valence-electron chi connectivity index (χ1n) is 10.1. The quantitative estimate of drug-likeness (QED) is 0.711. The lowest BCUT2D eigenvalue weighted by atomic mass is 9.92. The number of H-pyrrole nitrogens is 1. The number of alkyl halides is 2. The molecule has 3 atom stereocenters. The molecular weight excluding hydrogens is 409 g/mol. The van der Waals surface area contributed by atoms with Gasteiger partial charge in [0.25, 0.3) is 5.91 Å². The minimum absolute atomic E-state index is 0.0394. The van der Waals surface area contributed by atoms with Gasteiger partial charge in [-0.15, -0.1) is 23.2 Å². The lowest BCUT2D eigenvalue weighted by Crippen LogP contribution is -2.44. The Bertz CT molecular complexity index is 999. The first-order chi connectivity index (χ1) is 13.9. The second-order valence-corrected chi connectivity index (χ2v) is 9.62. The van der Waals surface area contributed by atoms with E-state index in [-0.39, 0.29) is 11.9 Å². The summed E-state index contributed by atoms with van der Waals surface area (Å²) in [6, 6.07) is 4.06. The molecule has 0 saturated heterocycles. The zero-order valence-electron chi connectivity index (χ0n) is 16.2. The summed E-state index contributed by atoms with van der Waals surface area (Å²) in [7, 11) is 0. The molecule has 2 heterocycles. The topological polar surface area (TPSA) is 62.1 Å². The minimum atomic E-state index is -0.687. The maximum absolute atomic E-state index is 13.4. The average Bonchev–Trinajstić information content (AvgIpc) is 3.21. The molecular formula is C22H23Cl2N3O2. The van der Waals surface area contributed by atoms with E-state index in [1.54, 1.807) is 6.07 Å². The van der Waals surface area contributed by atoms with Crippen LogP contribution >= 0.6 is 23.2 Å². The second kappa shape index (κ2) is 7.06. The molecule has 1 N–H and O–H groups in total. The van der Waals surface area contributed by atoms with E-state index in [0.717, 1.165) is 37.7 Å². The van der Waals surface area contributed by atoms with Gasteiger partial charge in [0.1, 0.15) is 5.76 Å². The number of carbonyl (C=O) groups excluding carboxylic acids is 1. The highest BCUT2D eigenvalue weighted by molar-refractivity contribution is 6.37. The lowest BCUT2D eigenvalue weighted by molar-refractivity contribution is 0.0609. The summed E-state index contributed by atoms with van der Waals surface area (Å²) < 4.78 is 6.00. The molecule has 0 radical (unpaired) electrons. The molecule has 5 nitrogen and oxygen atoms in total. The Kier molecular flexibility index (Phi) is 4.63. The van der Waals surface area contributed by atoms with Crippen molar-refractivity contribution in [2.75, 3.05) is 0 Å². The zero-order valence-corrected chi connectivity index (χ0v) is 17.7. The normalized spacial score (nSPS) is 28.7. The molecule has 2 aromatic heterocycles. The predicted molar refractivity (Wildman–Crippen MR) is 113 cm³/mol. The Morgan fingerprint density at radius 1 is 1.31 bits per heavy atom. The third-order valence-corrected chi connectivity index (χ3v) is 7.27. The number of hydrogen-bond donors (Lipinski definition) is 1. The molecule has 0 bridgehead atoms. The highest BCUT2D eigenvalue weighted by Gasteiger charge is 2.41. The average molecular weight is 432 g/mol. The van der Waals surface area contributed by atoms with Crippen LogP contribution in [0.2, 0.25) is 0 Å². The van der Waals surface area contributed by atoms with Crippen LogP contribution in [0.25, 0.3) is 5.57 Å². The molecule has 7 heteroatoms. The number of carbonyl (C=O) groups is 1. The fraction of sp³-hybridized carbons (Fsp3) is 0.455. The molecule has 1 saturated carbocycles. The van der Waals surface area contributed by atoms with Crippen molar-refractivity contribution < 1.29 is 9.21 Å². The van der Waals surface area contributed by atoms with Crippen molar-refractivity contribution in [2.24, 2.45) is 0 Å². The third-order valence-electron chi connectivity index (χ3n) is 6.13. The van der Waals surface area contributed by atoms with Crippen molar-refractivity contribution >= 4 is 34.7 Å². The van der Waals surface area contributed by atoms with E-state index in [1.165, 1.54) is 11.3 Å². The van der Waals surface area contributed by atoms with Gasteiger partial charge >= 0.3 is 0 Å². The van der Waals surface area contributed by atoms with Crippen LogP contribution in [0.5, 0.6) is 0 Å². The number of allylic oxidation sites excluding steroid dienone is 4. The lowest BCUT2D eigenvalue weighted by Gasteiger charge is -2.34. The van der Waals surface area contributed by atoms with Crippen molar-refractivity contribution in [3.8, 4) is 0 Å². The smallest absolute Gasteiger partial charge is 0.290 e. The maximum Gasteiger partial charge on any atom is 0.290 e. The number of halogens is 2. The van der Waals surface area contributed by atoms with Gasteiger partial charge in [0.2, 0.25) is 0 Å². The number of amides is 1. The zero-order chi connectivity index (χ0) is 20.2. The van der Waals surface area contributed by atoms with E-state index in [2.05, 4.69) is 10.2 Å². The summed E-state index contributed by atoms with van der Waals surface area (Å²) in [5, 5.41) is 6.79. The number of nitrogens with zero attached hydrogens (tertiary/aromatic N) is 2. The summed E-state index contributed by atoms with van der Waals surface area (Å²) >= 11 is 13.0. The van der Waals surface area contributed by atoms with Gasteiger partial charge in [-0.3, -0.25) is 9.89 Å². The predicted octanol–water partition coefficient (Wildman–Crippen LogP) is 4.72. The Morgan fingerprint density at radius 3 is 2.93 bits per heavy atom. The summed E-state index contributed by atoms with van der Waals surface area (Å²) in [6.07, 6.45) is 12.3. The minimum Gasteiger partial charge on any atom is -0.451 e. The van der Waals surface area contributed by atoms with Crippen LogP contribution in [0, 0.1) is 0 Å².